The largest absolute Gasteiger partial charge is 0.469 e. The number of carbonyl (C=O) groups excluding carboxylic acids is 2. The lowest BCUT2D eigenvalue weighted by Crippen LogP contribution is -2.64. The first-order chi connectivity index (χ1) is 20.5. The third-order valence-electron chi connectivity index (χ3n) is 15.3. The van der Waals surface area contributed by atoms with E-state index in [2.05, 4.69) is 61.5 Å². The van der Waals surface area contributed by atoms with Crippen molar-refractivity contribution >= 4 is 11.9 Å². The standard InChI is InChI=1S/C40H66O4/c1-35(2)23-24-37(5)25-26-39(7)28(29(37)27-35)17-18-31-38(6)21-20-32(36(3,4)30(38)19-22-40(31,39)8)44-34(42)16-14-12-10-11-13-15-33(41)43-9/h17,29-32H,10-16,18-27H2,1-9H3/t29-,30-,31+,32-,37+,38-,39+,40+/m0/s1. The molecule has 4 saturated carbocycles. The molecule has 0 aromatic carbocycles. The van der Waals surface area contributed by atoms with E-state index in [1.54, 1.807) is 0 Å². The highest BCUT2D eigenvalue weighted by molar-refractivity contribution is 5.69. The second-order valence-electron chi connectivity index (χ2n) is 18.6. The van der Waals surface area contributed by atoms with Gasteiger partial charge in [0.15, 0.2) is 0 Å². The minimum Gasteiger partial charge on any atom is -0.469 e. The molecule has 4 heteroatoms. The fourth-order valence-corrected chi connectivity index (χ4v) is 12.1. The zero-order valence-corrected chi connectivity index (χ0v) is 30.0. The molecule has 5 aliphatic rings. The molecule has 0 N–H and O–H groups in total. The first kappa shape index (κ1) is 34.0. The molecule has 0 heterocycles. The zero-order valence-electron chi connectivity index (χ0n) is 30.0. The number of unbranched alkanes of at least 4 members (excludes halogenated alkanes) is 4. The number of esters is 2. The maximum absolute atomic E-state index is 13.0. The van der Waals surface area contributed by atoms with Crippen molar-refractivity contribution in [2.75, 3.05) is 7.11 Å². The van der Waals surface area contributed by atoms with Gasteiger partial charge in [-0.25, -0.2) is 0 Å². The lowest BCUT2D eigenvalue weighted by molar-refractivity contribution is -0.212. The van der Waals surface area contributed by atoms with Gasteiger partial charge in [0, 0.05) is 18.3 Å². The summed E-state index contributed by atoms with van der Waals surface area (Å²) in [5, 5.41) is 0. The Hall–Kier alpha value is -1.32. The van der Waals surface area contributed by atoms with Gasteiger partial charge in [0.1, 0.15) is 6.10 Å². The van der Waals surface area contributed by atoms with Crippen LogP contribution >= 0.6 is 0 Å². The van der Waals surface area contributed by atoms with Crippen LogP contribution < -0.4 is 0 Å². The van der Waals surface area contributed by atoms with Crippen LogP contribution in [0.2, 0.25) is 0 Å². The van der Waals surface area contributed by atoms with E-state index in [4.69, 9.17) is 9.47 Å². The number of carbonyl (C=O) groups is 2. The normalized spacial score (nSPS) is 42.1. The van der Waals surface area contributed by atoms with Crippen molar-refractivity contribution in [3.05, 3.63) is 11.6 Å². The van der Waals surface area contributed by atoms with Gasteiger partial charge < -0.3 is 9.47 Å². The van der Waals surface area contributed by atoms with Crippen LogP contribution in [0.3, 0.4) is 0 Å². The molecule has 0 radical (unpaired) electrons. The first-order valence-corrected chi connectivity index (χ1v) is 18.5. The zero-order chi connectivity index (χ0) is 32.2. The van der Waals surface area contributed by atoms with Gasteiger partial charge in [0.25, 0.3) is 0 Å². The summed E-state index contributed by atoms with van der Waals surface area (Å²) in [5.74, 6) is 1.88. The lowest BCUT2D eigenvalue weighted by Gasteiger charge is -2.71. The van der Waals surface area contributed by atoms with Gasteiger partial charge in [-0.05, 0) is 122 Å². The van der Waals surface area contributed by atoms with E-state index in [0.717, 1.165) is 44.4 Å². The van der Waals surface area contributed by atoms with Crippen molar-refractivity contribution in [1.82, 2.24) is 0 Å². The van der Waals surface area contributed by atoms with Crippen molar-refractivity contribution < 1.29 is 19.1 Å². The van der Waals surface area contributed by atoms with Gasteiger partial charge in [0.2, 0.25) is 0 Å². The summed E-state index contributed by atoms with van der Waals surface area (Å²) in [7, 11) is 1.44. The van der Waals surface area contributed by atoms with E-state index in [-0.39, 0.29) is 28.9 Å². The molecule has 0 spiro atoms. The summed E-state index contributed by atoms with van der Waals surface area (Å²) >= 11 is 0. The van der Waals surface area contributed by atoms with Crippen molar-refractivity contribution in [2.45, 2.75) is 171 Å². The van der Waals surface area contributed by atoms with Gasteiger partial charge in [-0.2, -0.15) is 0 Å². The van der Waals surface area contributed by atoms with Crippen LogP contribution in [0, 0.1) is 50.2 Å². The molecule has 0 saturated heterocycles. The fourth-order valence-electron chi connectivity index (χ4n) is 12.1. The quantitative estimate of drug-likeness (QED) is 0.148. The summed E-state index contributed by atoms with van der Waals surface area (Å²) < 4.78 is 11.0. The first-order valence-electron chi connectivity index (χ1n) is 18.5. The molecular weight excluding hydrogens is 544 g/mol. The third kappa shape index (κ3) is 5.74. The monoisotopic (exact) mass is 610 g/mol. The van der Waals surface area contributed by atoms with Crippen molar-refractivity contribution in [3.8, 4) is 0 Å². The summed E-state index contributed by atoms with van der Waals surface area (Å²) in [4.78, 5) is 24.3. The predicted molar refractivity (Wildman–Crippen MR) is 179 cm³/mol. The van der Waals surface area contributed by atoms with E-state index in [9.17, 15) is 9.59 Å². The molecule has 0 aromatic heterocycles. The SMILES string of the molecule is COC(=O)CCCCCCCC(=O)O[C@H]1CC[C@]2(C)[C@H]3CC=C4[C@@H]5CC(C)(C)CC[C@]5(C)CC[C@@]4(C)[C@]3(C)CC[C@H]2C1(C)C. The number of rotatable bonds is 9. The second kappa shape index (κ2) is 12.0. The highest BCUT2D eigenvalue weighted by atomic mass is 16.5. The van der Waals surface area contributed by atoms with Gasteiger partial charge in [-0.1, -0.05) is 86.3 Å². The van der Waals surface area contributed by atoms with Gasteiger partial charge in [0.05, 0.1) is 7.11 Å². The van der Waals surface area contributed by atoms with Crippen LogP contribution in [0.1, 0.15) is 165 Å². The molecule has 5 rings (SSSR count). The summed E-state index contributed by atoms with van der Waals surface area (Å²) in [6.45, 7) is 20.5. The molecule has 0 amide bonds. The Balaban J connectivity index is 1.24. The molecule has 0 aliphatic heterocycles. The fraction of sp³-hybridized carbons (Fsp3) is 0.900. The molecule has 8 atom stereocenters. The summed E-state index contributed by atoms with van der Waals surface area (Å²) in [5.41, 5.74) is 3.69. The van der Waals surface area contributed by atoms with Crippen molar-refractivity contribution in [2.24, 2.45) is 50.2 Å². The van der Waals surface area contributed by atoms with E-state index in [1.165, 1.54) is 64.9 Å². The highest BCUT2D eigenvalue weighted by Crippen LogP contribution is 2.75. The Kier molecular flexibility index (Phi) is 9.31. The molecule has 44 heavy (non-hydrogen) atoms. The van der Waals surface area contributed by atoms with Gasteiger partial charge >= 0.3 is 11.9 Å². The molecule has 4 fully saturated rings. The Morgan fingerprint density at radius 1 is 0.750 bits per heavy atom. The summed E-state index contributed by atoms with van der Waals surface area (Å²) in [6, 6.07) is 0. The molecule has 250 valence electrons. The topological polar surface area (TPSA) is 52.6 Å². The molecule has 0 bridgehead atoms. The van der Waals surface area contributed by atoms with Crippen LogP contribution in [0.5, 0.6) is 0 Å². The Morgan fingerprint density at radius 3 is 2.07 bits per heavy atom. The highest BCUT2D eigenvalue weighted by Gasteiger charge is 2.68. The number of methoxy groups -OCH3 is 1. The molecule has 4 nitrogen and oxygen atoms in total. The van der Waals surface area contributed by atoms with Gasteiger partial charge in [-0.3, -0.25) is 9.59 Å². The number of fused-ring (bicyclic) bond motifs is 7. The Morgan fingerprint density at radius 2 is 1.39 bits per heavy atom. The van der Waals surface area contributed by atoms with Crippen LogP contribution in [-0.2, 0) is 19.1 Å². The molecule has 0 aromatic rings. The summed E-state index contributed by atoms with van der Waals surface area (Å²) in [6.07, 6.45) is 21.5. The number of ether oxygens (including phenoxy) is 2. The van der Waals surface area contributed by atoms with Crippen LogP contribution in [-0.4, -0.2) is 25.2 Å². The number of hydrogen-bond donors (Lipinski definition) is 0. The van der Waals surface area contributed by atoms with E-state index in [1.807, 2.05) is 5.57 Å². The van der Waals surface area contributed by atoms with E-state index >= 15 is 0 Å². The van der Waals surface area contributed by atoms with Crippen LogP contribution in [0.15, 0.2) is 11.6 Å². The minimum absolute atomic E-state index is 0.0126. The Bertz CT molecular complexity index is 1120. The maximum atomic E-state index is 13.0. The number of hydrogen-bond acceptors (Lipinski definition) is 4. The smallest absolute Gasteiger partial charge is 0.306 e. The number of allylic oxidation sites excluding steroid dienone is 2. The second-order valence-corrected chi connectivity index (χ2v) is 18.6. The molecular formula is C40H66O4. The Labute approximate surface area is 270 Å². The average molecular weight is 611 g/mol. The molecule has 5 aliphatic carbocycles. The van der Waals surface area contributed by atoms with Crippen LogP contribution in [0.25, 0.3) is 0 Å². The maximum Gasteiger partial charge on any atom is 0.306 e. The van der Waals surface area contributed by atoms with Crippen LogP contribution in [0.4, 0.5) is 0 Å². The molecule has 0 unspecified atom stereocenters. The minimum atomic E-state index is -0.133. The van der Waals surface area contributed by atoms with E-state index < -0.39 is 0 Å². The van der Waals surface area contributed by atoms with Crippen molar-refractivity contribution in [3.63, 3.8) is 0 Å². The van der Waals surface area contributed by atoms with E-state index in [0.29, 0.717) is 46.3 Å². The lowest BCUT2D eigenvalue weighted by atomic mass is 9.33. The van der Waals surface area contributed by atoms with Crippen molar-refractivity contribution in [1.29, 1.82) is 0 Å². The predicted octanol–water partition coefficient (Wildman–Crippen LogP) is 10.6. The average Bonchev–Trinajstić information content (AvgIpc) is 2.95. The third-order valence-corrected chi connectivity index (χ3v) is 15.3. The van der Waals surface area contributed by atoms with Gasteiger partial charge in [-0.15, -0.1) is 0 Å².